The predicted molar refractivity (Wildman–Crippen MR) is 73.1 cm³/mol. The van der Waals surface area contributed by atoms with Gasteiger partial charge in [-0.25, -0.2) is 0 Å². The Morgan fingerprint density at radius 3 is 2.50 bits per heavy atom. The van der Waals surface area contributed by atoms with Crippen molar-refractivity contribution in [3.05, 3.63) is 12.2 Å². The molecule has 1 spiro atoms. The lowest BCUT2D eigenvalue weighted by molar-refractivity contribution is -0.204. The maximum atomic E-state index is 12.6. The first-order valence-electron chi connectivity index (χ1n) is 7.57. The minimum Gasteiger partial charge on any atom is -0.378 e. The predicted octanol–water partition coefficient (Wildman–Crippen LogP) is 1.33. The number of rotatable bonds is 2. The van der Waals surface area contributed by atoms with E-state index in [4.69, 9.17) is 14.2 Å². The first-order valence-corrected chi connectivity index (χ1v) is 7.57. The zero-order chi connectivity index (χ0) is 14.0. The summed E-state index contributed by atoms with van der Waals surface area (Å²) in [6.45, 7) is 7.85. The highest BCUT2D eigenvalue weighted by molar-refractivity contribution is 5.93. The van der Waals surface area contributed by atoms with Crippen molar-refractivity contribution in [1.29, 1.82) is 0 Å². The molecule has 1 aliphatic carbocycles. The van der Waals surface area contributed by atoms with Crippen LogP contribution in [-0.4, -0.2) is 56.1 Å². The Kier molecular flexibility index (Phi) is 4.10. The van der Waals surface area contributed by atoms with Crippen LogP contribution in [0.4, 0.5) is 0 Å². The van der Waals surface area contributed by atoms with Gasteiger partial charge >= 0.3 is 0 Å². The highest BCUT2D eigenvalue weighted by atomic mass is 16.7. The van der Waals surface area contributed by atoms with Gasteiger partial charge < -0.3 is 19.1 Å². The van der Waals surface area contributed by atoms with Gasteiger partial charge in [-0.1, -0.05) is 13.0 Å². The van der Waals surface area contributed by atoms with E-state index in [-0.39, 0.29) is 11.8 Å². The van der Waals surface area contributed by atoms with E-state index in [2.05, 4.69) is 6.58 Å². The third kappa shape index (κ3) is 2.50. The molecule has 0 N–H and O–H groups in total. The lowest BCUT2D eigenvalue weighted by atomic mass is 9.78. The number of carbonyl (C=O) groups is 1. The van der Waals surface area contributed by atoms with Crippen LogP contribution in [0.5, 0.6) is 0 Å². The summed E-state index contributed by atoms with van der Waals surface area (Å²) in [6.07, 6.45) is 3.99. The molecule has 2 heterocycles. The van der Waals surface area contributed by atoms with Crippen LogP contribution in [0.3, 0.4) is 0 Å². The second-order valence-corrected chi connectivity index (χ2v) is 5.74. The fraction of sp³-hybridized carbons (Fsp3) is 0.800. The third-order valence-corrected chi connectivity index (χ3v) is 4.57. The smallest absolute Gasteiger partial charge is 0.249 e. The molecule has 5 heteroatoms. The molecule has 3 fully saturated rings. The van der Waals surface area contributed by atoms with E-state index < -0.39 is 5.79 Å². The van der Waals surface area contributed by atoms with Gasteiger partial charge in [0, 0.05) is 31.0 Å². The maximum absolute atomic E-state index is 12.6. The topological polar surface area (TPSA) is 48.0 Å². The summed E-state index contributed by atoms with van der Waals surface area (Å²) < 4.78 is 17.0. The van der Waals surface area contributed by atoms with Gasteiger partial charge in [-0.05, 0) is 12.8 Å². The van der Waals surface area contributed by atoms with Crippen LogP contribution in [0.1, 0.15) is 25.7 Å². The van der Waals surface area contributed by atoms with E-state index in [1.54, 1.807) is 0 Å². The molecule has 1 unspecified atom stereocenters. The van der Waals surface area contributed by atoms with E-state index >= 15 is 0 Å². The monoisotopic (exact) mass is 281 g/mol. The van der Waals surface area contributed by atoms with Gasteiger partial charge in [0.2, 0.25) is 5.91 Å². The Bertz CT molecular complexity index is 383. The first-order chi connectivity index (χ1) is 9.73. The van der Waals surface area contributed by atoms with Crippen molar-refractivity contribution in [2.24, 2.45) is 5.92 Å². The molecular weight excluding hydrogens is 258 g/mol. The molecule has 3 aliphatic rings. The van der Waals surface area contributed by atoms with Gasteiger partial charge in [0.15, 0.2) is 5.79 Å². The fourth-order valence-corrected chi connectivity index (χ4v) is 3.49. The van der Waals surface area contributed by atoms with Gasteiger partial charge in [0.25, 0.3) is 0 Å². The summed E-state index contributed by atoms with van der Waals surface area (Å²) in [5, 5.41) is 0. The van der Waals surface area contributed by atoms with Crippen LogP contribution in [0, 0.1) is 5.92 Å². The van der Waals surface area contributed by atoms with Crippen molar-refractivity contribution in [2.45, 2.75) is 31.5 Å². The second-order valence-electron chi connectivity index (χ2n) is 5.74. The molecular formula is C15H23NO4. The summed E-state index contributed by atoms with van der Waals surface area (Å²) in [5.74, 6) is -0.551. The normalized spacial score (nSPS) is 29.6. The number of nitrogens with zero attached hydrogens (tertiary/aromatic N) is 1. The minimum absolute atomic E-state index is 0.00547. The Hall–Kier alpha value is -0.910. The molecule has 0 radical (unpaired) electrons. The van der Waals surface area contributed by atoms with E-state index in [1.165, 1.54) is 0 Å². The quantitative estimate of drug-likeness (QED) is 0.717. The first kappa shape index (κ1) is 14.0. The van der Waals surface area contributed by atoms with Crippen molar-refractivity contribution >= 4 is 5.91 Å². The average molecular weight is 281 g/mol. The molecule has 1 atom stereocenters. The highest BCUT2D eigenvalue weighted by Gasteiger charge is 2.48. The van der Waals surface area contributed by atoms with Gasteiger partial charge in [0.05, 0.1) is 26.4 Å². The molecule has 1 amide bonds. The number of amides is 1. The minimum atomic E-state index is -0.586. The van der Waals surface area contributed by atoms with Crippen LogP contribution in [0.25, 0.3) is 0 Å². The summed E-state index contributed by atoms with van der Waals surface area (Å²) in [4.78, 5) is 14.4. The summed E-state index contributed by atoms with van der Waals surface area (Å²) in [5.41, 5.74) is 0.647. The Labute approximate surface area is 119 Å². The molecule has 0 aromatic rings. The van der Waals surface area contributed by atoms with Gasteiger partial charge in [-0.15, -0.1) is 0 Å². The second kappa shape index (κ2) is 5.84. The van der Waals surface area contributed by atoms with Crippen LogP contribution in [0.2, 0.25) is 0 Å². The van der Waals surface area contributed by atoms with Crippen molar-refractivity contribution in [3.63, 3.8) is 0 Å². The molecule has 2 saturated heterocycles. The molecule has 20 heavy (non-hydrogen) atoms. The van der Waals surface area contributed by atoms with Crippen LogP contribution < -0.4 is 0 Å². The van der Waals surface area contributed by atoms with Gasteiger partial charge in [0.1, 0.15) is 0 Å². The maximum Gasteiger partial charge on any atom is 0.249 e. The van der Waals surface area contributed by atoms with Crippen LogP contribution >= 0.6 is 0 Å². The standard InChI is InChI=1S/C15H23NO4/c1-12(14(17)16-6-8-18-9-7-16)13-4-2-3-5-15(13)19-10-11-20-15/h13H,1-11H2. The lowest BCUT2D eigenvalue weighted by Crippen LogP contribution is -2.48. The zero-order valence-corrected chi connectivity index (χ0v) is 11.9. The molecule has 112 valence electrons. The molecule has 0 bridgehead atoms. The largest absolute Gasteiger partial charge is 0.378 e. The van der Waals surface area contributed by atoms with E-state index in [9.17, 15) is 4.79 Å². The molecule has 3 rings (SSSR count). The Balaban J connectivity index is 1.72. The van der Waals surface area contributed by atoms with Crippen LogP contribution in [-0.2, 0) is 19.0 Å². The number of carbonyl (C=O) groups excluding carboxylic acids is 1. The van der Waals surface area contributed by atoms with E-state index in [0.29, 0.717) is 45.1 Å². The molecule has 0 aromatic carbocycles. The van der Waals surface area contributed by atoms with Gasteiger partial charge in [-0.2, -0.15) is 0 Å². The van der Waals surface area contributed by atoms with Crippen LogP contribution in [0.15, 0.2) is 12.2 Å². The van der Waals surface area contributed by atoms with Gasteiger partial charge in [-0.3, -0.25) is 4.79 Å². The fourth-order valence-electron chi connectivity index (χ4n) is 3.49. The van der Waals surface area contributed by atoms with E-state index in [1.807, 2.05) is 4.90 Å². The van der Waals surface area contributed by atoms with Crippen molar-refractivity contribution in [1.82, 2.24) is 4.90 Å². The van der Waals surface area contributed by atoms with Crippen molar-refractivity contribution < 1.29 is 19.0 Å². The summed E-state index contributed by atoms with van der Waals surface area (Å²) in [6, 6.07) is 0. The Morgan fingerprint density at radius 1 is 1.10 bits per heavy atom. The number of hydrogen-bond donors (Lipinski definition) is 0. The van der Waals surface area contributed by atoms with Crippen molar-refractivity contribution in [2.75, 3.05) is 39.5 Å². The summed E-state index contributed by atoms with van der Waals surface area (Å²) in [7, 11) is 0. The molecule has 1 saturated carbocycles. The SMILES string of the molecule is C=C(C(=O)N1CCOCC1)C1CCCCC12OCCO2. The molecule has 5 nitrogen and oxygen atoms in total. The highest BCUT2D eigenvalue weighted by Crippen LogP contribution is 2.44. The third-order valence-electron chi connectivity index (χ3n) is 4.57. The number of morpholine rings is 1. The number of hydrogen-bond acceptors (Lipinski definition) is 4. The Morgan fingerprint density at radius 2 is 1.80 bits per heavy atom. The van der Waals surface area contributed by atoms with Crippen molar-refractivity contribution in [3.8, 4) is 0 Å². The molecule has 0 aromatic heterocycles. The molecule has 2 aliphatic heterocycles. The zero-order valence-electron chi connectivity index (χ0n) is 11.9. The van der Waals surface area contributed by atoms with E-state index in [0.717, 1.165) is 25.7 Å². The lowest BCUT2D eigenvalue weighted by Gasteiger charge is -2.41. The average Bonchev–Trinajstić information content (AvgIpc) is 2.96. The summed E-state index contributed by atoms with van der Waals surface area (Å²) >= 11 is 0. The number of ether oxygens (including phenoxy) is 3.